The van der Waals surface area contributed by atoms with Crippen molar-refractivity contribution in [2.24, 2.45) is 4.99 Å². The molecule has 1 N–H and O–H groups in total. The van der Waals surface area contributed by atoms with Crippen LogP contribution in [-0.2, 0) is 14.3 Å². The Morgan fingerprint density at radius 3 is 2.38 bits per heavy atom. The molecule has 8 nitrogen and oxygen atoms in total. The molecule has 1 aliphatic heterocycles. The molecule has 198 valence electrons. The van der Waals surface area contributed by atoms with Gasteiger partial charge in [-0.3, -0.25) is 14.5 Å². The SMILES string of the molecule is CCCCCCCN1C(=O)CC(C(=O)Nc2ccc(C(=O)OCC)cc2)SC1=Nc1ccc(OC)cc1. The van der Waals surface area contributed by atoms with Crippen molar-refractivity contribution in [1.29, 1.82) is 0 Å². The highest BCUT2D eigenvalue weighted by atomic mass is 32.2. The number of ether oxygens (including phenoxy) is 2. The van der Waals surface area contributed by atoms with Gasteiger partial charge in [0.15, 0.2) is 5.17 Å². The summed E-state index contributed by atoms with van der Waals surface area (Å²) >= 11 is 1.30. The van der Waals surface area contributed by atoms with E-state index in [1.165, 1.54) is 18.2 Å². The molecule has 0 spiro atoms. The largest absolute Gasteiger partial charge is 0.497 e. The van der Waals surface area contributed by atoms with Gasteiger partial charge >= 0.3 is 5.97 Å². The number of thioether (sulfide) groups is 1. The molecule has 37 heavy (non-hydrogen) atoms. The first-order valence-corrected chi connectivity index (χ1v) is 13.6. The van der Waals surface area contributed by atoms with Crippen molar-refractivity contribution in [2.45, 2.75) is 57.6 Å². The maximum atomic E-state index is 13.1. The average molecular weight is 526 g/mol. The van der Waals surface area contributed by atoms with Gasteiger partial charge in [-0.25, -0.2) is 9.79 Å². The number of methoxy groups -OCH3 is 1. The van der Waals surface area contributed by atoms with Gasteiger partial charge in [0.25, 0.3) is 0 Å². The molecule has 0 saturated carbocycles. The summed E-state index contributed by atoms with van der Waals surface area (Å²) in [5.41, 5.74) is 1.63. The number of carbonyl (C=O) groups excluding carboxylic acids is 3. The monoisotopic (exact) mass is 525 g/mol. The summed E-state index contributed by atoms with van der Waals surface area (Å²) in [5.74, 6) is -0.0927. The van der Waals surface area contributed by atoms with Crippen molar-refractivity contribution in [3.05, 3.63) is 54.1 Å². The van der Waals surface area contributed by atoms with Crippen molar-refractivity contribution < 1.29 is 23.9 Å². The normalized spacial score (nSPS) is 16.5. The second-order valence-corrected chi connectivity index (χ2v) is 9.82. The summed E-state index contributed by atoms with van der Waals surface area (Å²) in [6, 6.07) is 13.8. The highest BCUT2D eigenvalue weighted by molar-refractivity contribution is 8.15. The predicted octanol–water partition coefficient (Wildman–Crippen LogP) is 5.80. The fourth-order valence-corrected chi connectivity index (χ4v) is 4.95. The van der Waals surface area contributed by atoms with E-state index in [-0.39, 0.29) is 18.2 Å². The van der Waals surface area contributed by atoms with Crippen molar-refractivity contribution in [2.75, 3.05) is 25.6 Å². The van der Waals surface area contributed by atoms with Gasteiger partial charge in [0.2, 0.25) is 11.8 Å². The third kappa shape index (κ3) is 8.35. The number of carbonyl (C=O) groups is 3. The lowest BCUT2D eigenvalue weighted by Gasteiger charge is -2.32. The summed E-state index contributed by atoms with van der Waals surface area (Å²) in [5, 5.41) is 2.76. The number of benzene rings is 2. The molecule has 2 aromatic rings. The van der Waals surface area contributed by atoms with Gasteiger partial charge < -0.3 is 14.8 Å². The van der Waals surface area contributed by atoms with E-state index in [0.29, 0.717) is 35.3 Å². The molecule has 9 heteroatoms. The number of esters is 1. The summed E-state index contributed by atoms with van der Waals surface area (Å²) < 4.78 is 10.2. The molecular formula is C28H35N3O5S. The van der Waals surface area contributed by atoms with Gasteiger partial charge in [0, 0.05) is 18.7 Å². The molecule has 1 saturated heterocycles. The lowest BCUT2D eigenvalue weighted by Crippen LogP contribution is -2.45. The zero-order valence-electron chi connectivity index (χ0n) is 21.7. The Labute approximate surface area is 222 Å². The second kappa shape index (κ2) is 14.4. The number of hydrogen-bond acceptors (Lipinski definition) is 7. The molecule has 1 atom stereocenters. The molecule has 3 rings (SSSR count). The maximum Gasteiger partial charge on any atom is 0.338 e. The number of rotatable bonds is 12. The Morgan fingerprint density at radius 2 is 1.73 bits per heavy atom. The second-order valence-electron chi connectivity index (χ2n) is 8.65. The first-order valence-electron chi connectivity index (χ1n) is 12.7. The summed E-state index contributed by atoms with van der Waals surface area (Å²) in [6.07, 6.45) is 5.50. The molecule has 1 fully saturated rings. The van der Waals surface area contributed by atoms with E-state index >= 15 is 0 Å². The van der Waals surface area contributed by atoms with Crippen molar-refractivity contribution in [3.63, 3.8) is 0 Å². The number of aliphatic imine (C=N–C) groups is 1. The molecule has 0 aromatic heterocycles. The molecule has 1 unspecified atom stereocenters. The molecular weight excluding hydrogens is 490 g/mol. The zero-order valence-corrected chi connectivity index (χ0v) is 22.5. The van der Waals surface area contributed by atoms with Gasteiger partial charge in [0.05, 0.1) is 25.0 Å². The van der Waals surface area contributed by atoms with E-state index in [0.717, 1.165) is 31.4 Å². The smallest absolute Gasteiger partial charge is 0.338 e. The number of hydrogen-bond donors (Lipinski definition) is 1. The van der Waals surface area contributed by atoms with E-state index in [1.54, 1.807) is 43.2 Å². The first-order chi connectivity index (χ1) is 17.9. The van der Waals surface area contributed by atoms with E-state index in [1.807, 2.05) is 24.3 Å². The molecule has 0 aliphatic carbocycles. The topological polar surface area (TPSA) is 97.3 Å². The summed E-state index contributed by atoms with van der Waals surface area (Å²) in [6.45, 7) is 4.79. The van der Waals surface area contributed by atoms with E-state index in [2.05, 4.69) is 12.2 Å². The molecule has 1 heterocycles. The minimum atomic E-state index is -0.620. The van der Waals surface area contributed by atoms with Gasteiger partial charge in [0.1, 0.15) is 11.0 Å². The fraction of sp³-hybridized carbons (Fsp3) is 0.429. The van der Waals surface area contributed by atoms with Crippen LogP contribution in [0.25, 0.3) is 0 Å². The summed E-state index contributed by atoms with van der Waals surface area (Å²) in [4.78, 5) is 44.5. The van der Waals surface area contributed by atoms with E-state index in [9.17, 15) is 14.4 Å². The van der Waals surface area contributed by atoms with E-state index in [4.69, 9.17) is 14.5 Å². The molecule has 0 bridgehead atoms. The van der Waals surface area contributed by atoms with E-state index < -0.39 is 11.2 Å². The number of nitrogens with zero attached hydrogens (tertiary/aromatic N) is 2. The highest BCUT2D eigenvalue weighted by Crippen LogP contribution is 2.31. The van der Waals surface area contributed by atoms with Crippen LogP contribution in [0.3, 0.4) is 0 Å². The predicted molar refractivity (Wildman–Crippen MR) is 148 cm³/mol. The van der Waals surface area contributed by atoms with Crippen LogP contribution in [0.1, 0.15) is 62.7 Å². The summed E-state index contributed by atoms with van der Waals surface area (Å²) in [7, 11) is 1.60. The maximum absolute atomic E-state index is 13.1. The minimum Gasteiger partial charge on any atom is -0.497 e. The number of amides is 2. The van der Waals surface area contributed by atoms with Crippen LogP contribution >= 0.6 is 11.8 Å². The lowest BCUT2D eigenvalue weighted by molar-refractivity contribution is -0.129. The van der Waals surface area contributed by atoms with Crippen molar-refractivity contribution >= 4 is 46.1 Å². The van der Waals surface area contributed by atoms with Crippen LogP contribution in [0.15, 0.2) is 53.5 Å². The number of nitrogens with one attached hydrogen (secondary N) is 1. The fourth-order valence-electron chi connectivity index (χ4n) is 3.83. The van der Waals surface area contributed by atoms with Crippen LogP contribution in [0.5, 0.6) is 5.75 Å². The highest BCUT2D eigenvalue weighted by Gasteiger charge is 2.35. The third-order valence-corrected chi connectivity index (χ3v) is 7.07. The molecule has 2 aromatic carbocycles. The van der Waals surface area contributed by atoms with Crippen LogP contribution in [0.4, 0.5) is 11.4 Å². The molecule has 0 radical (unpaired) electrons. The Balaban J connectivity index is 1.72. The van der Waals surface area contributed by atoms with Crippen molar-refractivity contribution in [3.8, 4) is 5.75 Å². The molecule has 1 aliphatic rings. The van der Waals surface area contributed by atoms with Gasteiger partial charge in [-0.2, -0.15) is 0 Å². The Hall–Kier alpha value is -3.33. The standard InChI is InChI=1S/C28H35N3O5S/c1-4-6-7-8-9-18-31-25(32)19-24(37-28(31)30-22-14-16-23(35-3)17-15-22)26(33)29-21-12-10-20(11-13-21)27(34)36-5-2/h10-17,24H,4-9,18-19H2,1-3H3,(H,29,33). The van der Waals surface area contributed by atoms with Crippen LogP contribution in [-0.4, -0.2) is 53.4 Å². The van der Waals surface area contributed by atoms with Crippen LogP contribution < -0.4 is 10.1 Å². The number of anilines is 1. The Kier molecular flexibility index (Phi) is 11.0. The minimum absolute atomic E-state index is 0.0913. The van der Waals surface area contributed by atoms with Gasteiger partial charge in [-0.1, -0.05) is 44.4 Å². The zero-order chi connectivity index (χ0) is 26.6. The molecule has 2 amide bonds. The van der Waals surface area contributed by atoms with Crippen LogP contribution in [0, 0.1) is 0 Å². The van der Waals surface area contributed by atoms with Crippen LogP contribution in [0.2, 0.25) is 0 Å². The first kappa shape index (κ1) is 28.2. The van der Waals surface area contributed by atoms with Gasteiger partial charge in [-0.05, 0) is 61.9 Å². The lowest BCUT2D eigenvalue weighted by atomic mass is 10.1. The quantitative estimate of drug-likeness (QED) is 0.278. The Morgan fingerprint density at radius 1 is 1.03 bits per heavy atom. The average Bonchev–Trinajstić information content (AvgIpc) is 2.90. The number of amidine groups is 1. The Bertz CT molecular complexity index is 1090. The van der Waals surface area contributed by atoms with Crippen molar-refractivity contribution in [1.82, 2.24) is 4.90 Å². The van der Waals surface area contributed by atoms with Gasteiger partial charge in [-0.15, -0.1) is 0 Å². The number of unbranched alkanes of at least 4 members (excludes halogenated alkanes) is 4. The third-order valence-electron chi connectivity index (χ3n) is 5.88.